The fourth-order valence-electron chi connectivity index (χ4n) is 5.68. The topological polar surface area (TPSA) is 78.9 Å². The van der Waals surface area contributed by atoms with Gasteiger partial charge in [0, 0.05) is 68.6 Å². The Morgan fingerprint density at radius 3 is 2.33 bits per heavy atom. The molecule has 0 bridgehead atoms. The fraction of sp³-hybridized carbons (Fsp3) is 0.333. The van der Waals surface area contributed by atoms with Crippen molar-refractivity contribution in [3.63, 3.8) is 0 Å². The van der Waals surface area contributed by atoms with E-state index in [0.29, 0.717) is 43.3 Å². The van der Waals surface area contributed by atoms with E-state index < -0.39 is 0 Å². The molecule has 2 fully saturated rings. The van der Waals surface area contributed by atoms with Crippen LogP contribution < -0.4 is 4.74 Å². The summed E-state index contributed by atoms with van der Waals surface area (Å²) in [5, 5.41) is 3.78. The summed E-state index contributed by atoms with van der Waals surface area (Å²) in [4.78, 5) is 42.0. The van der Waals surface area contributed by atoms with Crippen LogP contribution in [-0.4, -0.2) is 89.4 Å². The third-order valence-electron chi connectivity index (χ3n) is 8.12. The Morgan fingerprint density at radius 1 is 0.881 bits per heavy atom. The number of piperidine rings is 1. The summed E-state index contributed by atoms with van der Waals surface area (Å²) in [6.07, 6.45) is 5.96. The van der Waals surface area contributed by atoms with Crippen molar-refractivity contribution in [2.24, 2.45) is 0 Å². The number of amides is 2. The second-order valence-corrected chi connectivity index (χ2v) is 11.7. The van der Waals surface area contributed by atoms with Gasteiger partial charge in [-0.1, -0.05) is 54.6 Å². The zero-order chi connectivity index (χ0) is 28.9. The maximum absolute atomic E-state index is 13.3. The minimum Gasteiger partial charge on any atom is -0.496 e. The highest BCUT2D eigenvalue weighted by atomic mass is 32.1. The second kappa shape index (κ2) is 12.8. The molecule has 0 aliphatic carbocycles. The molecular weight excluding hydrogens is 546 g/mol. The van der Waals surface area contributed by atoms with Gasteiger partial charge in [0.15, 0.2) is 0 Å². The van der Waals surface area contributed by atoms with Gasteiger partial charge in [0.05, 0.1) is 17.6 Å². The first kappa shape index (κ1) is 28.1. The average Bonchev–Trinajstić information content (AvgIpc) is 3.55. The predicted octanol–water partition coefficient (Wildman–Crippen LogP) is 5.19. The van der Waals surface area contributed by atoms with E-state index in [9.17, 15) is 9.59 Å². The van der Waals surface area contributed by atoms with Gasteiger partial charge in [-0.05, 0) is 30.5 Å². The highest BCUT2D eigenvalue weighted by Gasteiger charge is 2.29. The summed E-state index contributed by atoms with van der Waals surface area (Å²) in [5.41, 5.74) is 2.89. The molecule has 2 saturated heterocycles. The van der Waals surface area contributed by atoms with Gasteiger partial charge in [-0.3, -0.25) is 14.5 Å². The van der Waals surface area contributed by atoms with Crippen LogP contribution in [0.3, 0.4) is 0 Å². The number of methoxy groups -OCH3 is 1. The monoisotopic (exact) mass is 581 g/mol. The van der Waals surface area contributed by atoms with Crippen LogP contribution in [0.25, 0.3) is 17.0 Å². The van der Waals surface area contributed by atoms with E-state index >= 15 is 0 Å². The molecular formula is C33H35N5O3S. The van der Waals surface area contributed by atoms with Gasteiger partial charge in [0.1, 0.15) is 17.1 Å². The van der Waals surface area contributed by atoms with Gasteiger partial charge in [-0.25, -0.2) is 9.97 Å². The molecule has 4 heterocycles. The molecule has 2 aliphatic rings. The van der Waals surface area contributed by atoms with E-state index in [1.807, 2.05) is 57.6 Å². The maximum Gasteiger partial charge on any atom is 0.273 e. The van der Waals surface area contributed by atoms with Crippen LogP contribution >= 0.6 is 11.3 Å². The number of para-hydroxylation sites is 1. The van der Waals surface area contributed by atoms with Crippen LogP contribution in [0.4, 0.5) is 0 Å². The zero-order valence-electron chi connectivity index (χ0n) is 23.8. The number of thiazole rings is 1. The lowest BCUT2D eigenvalue weighted by atomic mass is 9.97. The Bertz CT molecular complexity index is 1570. The lowest BCUT2D eigenvalue weighted by Crippen LogP contribution is -2.48. The predicted molar refractivity (Wildman–Crippen MR) is 166 cm³/mol. The van der Waals surface area contributed by atoms with Crippen LogP contribution in [0.1, 0.15) is 50.3 Å². The van der Waals surface area contributed by atoms with Crippen molar-refractivity contribution < 1.29 is 14.3 Å². The second-order valence-electron chi connectivity index (χ2n) is 10.8. The van der Waals surface area contributed by atoms with Crippen LogP contribution in [0.5, 0.6) is 5.75 Å². The molecule has 216 valence electrons. The zero-order valence-corrected chi connectivity index (χ0v) is 24.6. The van der Waals surface area contributed by atoms with Gasteiger partial charge in [0.2, 0.25) is 0 Å². The summed E-state index contributed by atoms with van der Waals surface area (Å²) in [5.74, 6) is 0.830. The molecule has 0 saturated carbocycles. The van der Waals surface area contributed by atoms with Crippen molar-refractivity contribution in [1.82, 2.24) is 24.7 Å². The number of benzene rings is 2. The van der Waals surface area contributed by atoms with Crippen LogP contribution in [0.2, 0.25) is 0 Å². The van der Waals surface area contributed by atoms with Crippen LogP contribution in [0, 0.1) is 0 Å². The molecule has 2 aromatic carbocycles. The number of piperazine rings is 1. The molecule has 2 aliphatic heterocycles. The van der Waals surface area contributed by atoms with Gasteiger partial charge in [-0.15, -0.1) is 11.3 Å². The summed E-state index contributed by atoms with van der Waals surface area (Å²) in [7, 11) is 1.61. The fourth-order valence-corrected chi connectivity index (χ4v) is 6.65. The number of rotatable bonds is 7. The highest BCUT2D eigenvalue weighted by molar-refractivity contribution is 7.09. The summed E-state index contributed by atoms with van der Waals surface area (Å²) in [6.45, 7) is 5.26. The molecule has 0 unspecified atom stereocenters. The molecule has 4 aromatic rings. The molecule has 9 heteroatoms. The lowest BCUT2D eigenvalue weighted by Gasteiger charge is -2.33. The smallest absolute Gasteiger partial charge is 0.273 e. The molecule has 0 atom stereocenters. The van der Waals surface area contributed by atoms with Crippen LogP contribution in [-0.2, 0) is 0 Å². The Labute approximate surface area is 250 Å². The number of likely N-dealkylation sites (tertiary alicyclic amines) is 1. The van der Waals surface area contributed by atoms with Crippen molar-refractivity contribution in [3.05, 3.63) is 94.1 Å². The third-order valence-corrected chi connectivity index (χ3v) is 9.13. The summed E-state index contributed by atoms with van der Waals surface area (Å²) >= 11 is 1.56. The number of hydrogen-bond acceptors (Lipinski definition) is 7. The number of nitrogens with zero attached hydrogens (tertiary/aromatic N) is 5. The minimum absolute atomic E-state index is 0.0147. The first-order chi connectivity index (χ1) is 20.6. The Kier molecular flexibility index (Phi) is 8.58. The van der Waals surface area contributed by atoms with E-state index in [2.05, 4.69) is 34.2 Å². The first-order valence-corrected chi connectivity index (χ1v) is 15.4. The molecule has 6 rings (SSSR count). The van der Waals surface area contributed by atoms with E-state index in [1.165, 1.54) is 5.56 Å². The average molecular weight is 582 g/mol. The number of hydrogen-bond donors (Lipinski definition) is 0. The van der Waals surface area contributed by atoms with E-state index in [-0.39, 0.29) is 17.7 Å². The SMILES string of the molecule is COc1cc(C(=O)N2CCC(c3nc(C(=O)N4CCN(C/C=C\c5ccccc5)CC4)cs3)CC2)nc2ccccc12. The highest BCUT2D eigenvalue weighted by Crippen LogP contribution is 2.32. The number of carbonyl (C=O) groups is 2. The van der Waals surface area contributed by atoms with Crippen molar-refractivity contribution in [3.8, 4) is 5.75 Å². The van der Waals surface area contributed by atoms with Crippen molar-refractivity contribution in [2.45, 2.75) is 18.8 Å². The molecule has 2 amide bonds. The van der Waals surface area contributed by atoms with Crippen molar-refractivity contribution in [2.75, 3.05) is 52.9 Å². The number of fused-ring (bicyclic) bond motifs is 1. The lowest BCUT2D eigenvalue weighted by molar-refractivity contribution is 0.0645. The number of pyridine rings is 1. The third kappa shape index (κ3) is 6.22. The largest absolute Gasteiger partial charge is 0.496 e. The van der Waals surface area contributed by atoms with Gasteiger partial charge >= 0.3 is 0 Å². The number of carbonyl (C=O) groups excluding carboxylic acids is 2. The van der Waals surface area contributed by atoms with E-state index in [1.54, 1.807) is 24.5 Å². The van der Waals surface area contributed by atoms with E-state index in [4.69, 9.17) is 9.72 Å². The van der Waals surface area contributed by atoms with Crippen molar-refractivity contribution >= 4 is 40.1 Å². The van der Waals surface area contributed by atoms with Gasteiger partial charge in [-0.2, -0.15) is 0 Å². The molecule has 0 spiro atoms. The molecule has 0 radical (unpaired) electrons. The Morgan fingerprint density at radius 2 is 1.57 bits per heavy atom. The number of ether oxygens (including phenoxy) is 1. The van der Waals surface area contributed by atoms with Gasteiger partial charge in [0.25, 0.3) is 11.8 Å². The maximum atomic E-state index is 13.3. The van der Waals surface area contributed by atoms with E-state index in [0.717, 1.165) is 48.4 Å². The summed E-state index contributed by atoms with van der Waals surface area (Å²) < 4.78 is 5.53. The summed E-state index contributed by atoms with van der Waals surface area (Å²) in [6, 6.07) is 19.7. The Balaban J connectivity index is 1.00. The van der Waals surface area contributed by atoms with Gasteiger partial charge < -0.3 is 14.5 Å². The Hall–Kier alpha value is -4.08. The molecule has 0 N–H and O–H groups in total. The van der Waals surface area contributed by atoms with Crippen LogP contribution in [0.15, 0.2) is 72.1 Å². The van der Waals surface area contributed by atoms with Crippen molar-refractivity contribution in [1.29, 1.82) is 0 Å². The number of aromatic nitrogens is 2. The molecule has 8 nitrogen and oxygen atoms in total. The first-order valence-electron chi connectivity index (χ1n) is 14.5. The standard InChI is InChI=1S/C33H35N5O3S/c1-41-30-22-28(34-27-12-6-5-11-26(27)30)32(39)37-16-13-25(14-17-37)31-35-29(23-42-31)33(40)38-20-18-36(19-21-38)15-7-10-24-8-3-2-4-9-24/h2-12,22-23,25H,13-21H2,1H3/b10-7-. The quantitative estimate of drug-likeness (QED) is 0.299. The molecule has 42 heavy (non-hydrogen) atoms. The normalized spacial score (nSPS) is 16.8. The minimum atomic E-state index is -0.0813. The molecule has 2 aromatic heterocycles.